The average molecular weight is 292 g/mol. The molecule has 0 radical (unpaired) electrons. The van der Waals surface area contributed by atoms with Crippen LogP contribution in [-0.2, 0) is 0 Å². The maximum absolute atomic E-state index is 9.06. The third-order valence-corrected chi connectivity index (χ3v) is 4.90. The van der Waals surface area contributed by atoms with Crippen molar-refractivity contribution in [2.24, 2.45) is 0 Å². The number of nitrogens with zero attached hydrogens (tertiary/aromatic N) is 4. The molecule has 2 aromatic rings. The molecule has 0 amide bonds. The maximum Gasteiger partial charge on any atom is 0.150 e. The smallest absolute Gasteiger partial charge is 0.150 e. The Morgan fingerprint density at radius 1 is 1.25 bits per heavy atom. The monoisotopic (exact) mass is 292 g/mol. The molecular weight excluding hydrogens is 272 g/mol. The summed E-state index contributed by atoms with van der Waals surface area (Å²) >= 11 is 1.73. The largest absolute Gasteiger partial charge is 0.395 e. The predicted octanol–water partition coefficient (Wildman–Crippen LogP) is 1.50. The molecule has 108 valence electrons. The number of β-amino-alcohol motifs (C(OH)–C–C–N with tert-alkyl or cyclic N) is 1. The first-order valence-corrected chi connectivity index (χ1v) is 7.94. The van der Waals surface area contributed by atoms with Crippen molar-refractivity contribution in [1.82, 2.24) is 14.9 Å². The molecule has 0 aliphatic carbocycles. The van der Waals surface area contributed by atoms with Crippen molar-refractivity contribution in [1.29, 1.82) is 0 Å². The Labute approximate surface area is 122 Å². The number of aliphatic hydroxyl groups excluding tert-OH is 1. The van der Waals surface area contributed by atoms with Crippen molar-refractivity contribution in [3.8, 4) is 0 Å². The van der Waals surface area contributed by atoms with Crippen molar-refractivity contribution in [3.05, 3.63) is 17.3 Å². The van der Waals surface area contributed by atoms with Gasteiger partial charge in [-0.05, 0) is 30.8 Å². The number of hydrogen-bond acceptors (Lipinski definition) is 6. The van der Waals surface area contributed by atoms with Crippen LogP contribution in [0.15, 0.2) is 11.7 Å². The molecule has 1 saturated heterocycles. The molecule has 20 heavy (non-hydrogen) atoms. The summed E-state index contributed by atoms with van der Waals surface area (Å²) in [6.07, 6.45) is 2.78. The van der Waals surface area contributed by atoms with Crippen LogP contribution in [0.25, 0.3) is 10.2 Å². The number of aromatic nitrogens is 2. The Hall–Kier alpha value is -1.24. The zero-order valence-electron chi connectivity index (χ0n) is 11.7. The summed E-state index contributed by atoms with van der Waals surface area (Å²) in [6, 6.07) is 0. The highest BCUT2D eigenvalue weighted by molar-refractivity contribution is 7.18. The van der Waals surface area contributed by atoms with Crippen molar-refractivity contribution < 1.29 is 5.11 Å². The minimum atomic E-state index is 0.238. The van der Waals surface area contributed by atoms with Crippen LogP contribution >= 0.6 is 11.3 Å². The van der Waals surface area contributed by atoms with Gasteiger partial charge >= 0.3 is 0 Å². The van der Waals surface area contributed by atoms with E-state index in [0.717, 1.165) is 50.5 Å². The first-order chi connectivity index (χ1) is 9.79. The molecule has 0 aromatic carbocycles. The lowest BCUT2D eigenvalue weighted by Crippen LogP contribution is -2.32. The van der Waals surface area contributed by atoms with E-state index < -0.39 is 0 Å². The molecule has 1 N–H and O–H groups in total. The van der Waals surface area contributed by atoms with Crippen LogP contribution in [0.5, 0.6) is 0 Å². The number of aryl methyl sites for hydroxylation is 1. The van der Waals surface area contributed by atoms with Crippen LogP contribution in [0.1, 0.15) is 12.0 Å². The van der Waals surface area contributed by atoms with Gasteiger partial charge in [0.15, 0.2) is 0 Å². The number of aliphatic hydroxyl groups is 1. The first-order valence-electron chi connectivity index (χ1n) is 7.06. The number of anilines is 1. The molecule has 0 saturated carbocycles. The molecule has 0 atom stereocenters. The summed E-state index contributed by atoms with van der Waals surface area (Å²) in [5.74, 6) is 1.07. The fourth-order valence-corrected chi connectivity index (χ4v) is 3.75. The molecule has 0 unspecified atom stereocenters. The normalized spacial score (nSPS) is 17.6. The number of fused-ring (bicyclic) bond motifs is 1. The number of hydrogen-bond donors (Lipinski definition) is 1. The van der Waals surface area contributed by atoms with E-state index in [1.807, 2.05) is 0 Å². The molecule has 6 heteroatoms. The van der Waals surface area contributed by atoms with Gasteiger partial charge in [0.2, 0.25) is 0 Å². The van der Waals surface area contributed by atoms with E-state index in [0.29, 0.717) is 0 Å². The van der Waals surface area contributed by atoms with Gasteiger partial charge in [-0.15, -0.1) is 11.3 Å². The Kier molecular flexibility index (Phi) is 4.14. The molecule has 1 aliphatic rings. The molecule has 1 aliphatic heterocycles. The SMILES string of the molecule is Cc1csc2c(N3CCCN(CCO)CC3)ncnc12. The van der Waals surface area contributed by atoms with E-state index in [2.05, 4.69) is 32.1 Å². The summed E-state index contributed by atoms with van der Waals surface area (Å²) < 4.78 is 1.20. The van der Waals surface area contributed by atoms with Gasteiger partial charge in [-0.3, -0.25) is 4.90 Å². The number of thiophene rings is 1. The van der Waals surface area contributed by atoms with E-state index in [1.165, 1.54) is 10.3 Å². The molecule has 2 aromatic heterocycles. The van der Waals surface area contributed by atoms with Crippen LogP contribution in [0.2, 0.25) is 0 Å². The second-order valence-corrected chi connectivity index (χ2v) is 6.08. The minimum Gasteiger partial charge on any atom is -0.395 e. The van der Waals surface area contributed by atoms with E-state index in [9.17, 15) is 0 Å². The summed E-state index contributed by atoms with van der Waals surface area (Å²) in [4.78, 5) is 13.6. The molecule has 1 fully saturated rings. The van der Waals surface area contributed by atoms with Gasteiger partial charge in [-0.1, -0.05) is 0 Å². The van der Waals surface area contributed by atoms with Crippen molar-refractivity contribution in [3.63, 3.8) is 0 Å². The zero-order chi connectivity index (χ0) is 13.9. The molecule has 5 nitrogen and oxygen atoms in total. The van der Waals surface area contributed by atoms with Gasteiger partial charge in [-0.2, -0.15) is 0 Å². The third-order valence-electron chi connectivity index (χ3n) is 3.82. The highest BCUT2D eigenvalue weighted by Gasteiger charge is 2.18. The van der Waals surface area contributed by atoms with Crippen molar-refractivity contribution >= 4 is 27.4 Å². The van der Waals surface area contributed by atoms with Crippen LogP contribution < -0.4 is 4.90 Å². The van der Waals surface area contributed by atoms with Gasteiger partial charge in [0.25, 0.3) is 0 Å². The number of rotatable bonds is 3. The van der Waals surface area contributed by atoms with Gasteiger partial charge < -0.3 is 10.0 Å². The molecular formula is C14H20N4OS. The molecule has 3 heterocycles. The molecule has 3 rings (SSSR count). The van der Waals surface area contributed by atoms with Crippen LogP contribution in [0.4, 0.5) is 5.82 Å². The fraction of sp³-hybridized carbons (Fsp3) is 0.571. The average Bonchev–Trinajstić information content (AvgIpc) is 2.70. The quantitative estimate of drug-likeness (QED) is 0.929. The van der Waals surface area contributed by atoms with Crippen LogP contribution in [0.3, 0.4) is 0 Å². The highest BCUT2D eigenvalue weighted by atomic mass is 32.1. The summed E-state index contributed by atoms with van der Waals surface area (Å²) in [7, 11) is 0. The third kappa shape index (κ3) is 2.63. The zero-order valence-corrected chi connectivity index (χ0v) is 12.6. The van der Waals surface area contributed by atoms with Gasteiger partial charge in [-0.25, -0.2) is 9.97 Å². The Morgan fingerprint density at radius 2 is 2.15 bits per heavy atom. The summed E-state index contributed by atoms with van der Waals surface area (Å²) in [5.41, 5.74) is 2.31. The Balaban J connectivity index is 1.84. The minimum absolute atomic E-state index is 0.238. The fourth-order valence-electron chi connectivity index (χ4n) is 2.73. The first kappa shape index (κ1) is 13.7. The predicted molar refractivity (Wildman–Crippen MR) is 82.5 cm³/mol. The summed E-state index contributed by atoms with van der Waals surface area (Å²) in [6.45, 7) is 7.12. The lowest BCUT2D eigenvalue weighted by molar-refractivity contribution is 0.204. The molecule has 0 bridgehead atoms. The van der Waals surface area contributed by atoms with Gasteiger partial charge in [0.1, 0.15) is 12.1 Å². The summed E-state index contributed by atoms with van der Waals surface area (Å²) in [5, 5.41) is 11.2. The van der Waals surface area contributed by atoms with E-state index in [-0.39, 0.29) is 6.61 Å². The Bertz CT molecular complexity index is 586. The standard InChI is InChI=1S/C14H20N4OS/c1-11-9-20-13-12(11)15-10-16-14(13)18-4-2-3-17(5-6-18)7-8-19/h9-10,19H,2-8H2,1H3. The van der Waals surface area contributed by atoms with E-state index in [4.69, 9.17) is 5.11 Å². The van der Waals surface area contributed by atoms with Crippen LogP contribution in [-0.4, -0.2) is 59.3 Å². The van der Waals surface area contributed by atoms with Crippen molar-refractivity contribution in [2.75, 3.05) is 44.2 Å². The highest BCUT2D eigenvalue weighted by Crippen LogP contribution is 2.31. The molecule has 0 spiro atoms. The van der Waals surface area contributed by atoms with Gasteiger partial charge in [0.05, 0.1) is 16.8 Å². The second-order valence-electron chi connectivity index (χ2n) is 5.20. The maximum atomic E-state index is 9.06. The Morgan fingerprint density at radius 3 is 3.00 bits per heavy atom. The van der Waals surface area contributed by atoms with Gasteiger partial charge in [0, 0.05) is 26.2 Å². The second kappa shape index (κ2) is 6.03. The van der Waals surface area contributed by atoms with Crippen LogP contribution in [0, 0.1) is 6.92 Å². The van der Waals surface area contributed by atoms with Crippen molar-refractivity contribution in [2.45, 2.75) is 13.3 Å². The lowest BCUT2D eigenvalue weighted by atomic mass is 10.3. The lowest BCUT2D eigenvalue weighted by Gasteiger charge is -2.22. The van der Waals surface area contributed by atoms with E-state index >= 15 is 0 Å². The topological polar surface area (TPSA) is 52.5 Å². The van der Waals surface area contributed by atoms with E-state index in [1.54, 1.807) is 17.7 Å².